The molecule has 0 aliphatic heterocycles. The molecular formula is C22H18ClN5OS. The Balaban J connectivity index is 1.62. The van der Waals surface area contributed by atoms with Gasteiger partial charge < -0.3 is 4.90 Å². The van der Waals surface area contributed by atoms with E-state index in [1.165, 1.54) is 11.8 Å². The zero-order valence-corrected chi connectivity index (χ0v) is 17.8. The minimum Gasteiger partial charge on any atom is -0.311 e. The molecule has 2 heterocycles. The van der Waals surface area contributed by atoms with Gasteiger partial charge in [0.05, 0.1) is 23.8 Å². The van der Waals surface area contributed by atoms with E-state index < -0.39 is 0 Å². The third-order valence-electron chi connectivity index (χ3n) is 4.77. The summed E-state index contributed by atoms with van der Waals surface area (Å²) in [5.41, 5.74) is 3.55. The first kappa shape index (κ1) is 20.2. The number of amides is 1. The van der Waals surface area contributed by atoms with Crippen molar-refractivity contribution in [3.63, 3.8) is 0 Å². The number of aromatic nitrogens is 3. The molecule has 2 aromatic heterocycles. The summed E-state index contributed by atoms with van der Waals surface area (Å²) < 4.78 is 1.97. The van der Waals surface area contributed by atoms with Gasteiger partial charge in [0.15, 0.2) is 10.8 Å². The first-order valence-electron chi connectivity index (χ1n) is 9.37. The van der Waals surface area contributed by atoms with Crippen LogP contribution in [0.2, 0.25) is 5.02 Å². The molecule has 8 heteroatoms. The van der Waals surface area contributed by atoms with Gasteiger partial charge in [-0.2, -0.15) is 5.26 Å². The second-order valence-electron chi connectivity index (χ2n) is 6.74. The summed E-state index contributed by atoms with van der Waals surface area (Å²) in [6.07, 6.45) is 0.237. The number of thioether (sulfide) groups is 1. The van der Waals surface area contributed by atoms with Gasteiger partial charge in [-0.15, -0.1) is 10.2 Å². The molecule has 0 aliphatic rings. The Labute approximate surface area is 183 Å². The van der Waals surface area contributed by atoms with Crippen LogP contribution in [-0.4, -0.2) is 32.8 Å². The van der Waals surface area contributed by atoms with Gasteiger partial charge in [-0.1, -0.05) is 47.6 Å². The van der Waals surface area contributed by atoms with Gasteiger partial charge in [0.1, 0.15) is 0 Å². The van der Waals surface area contributed by atoms with Gasteiger partial charge in [-0.3, -0.25) is 9.20 Å². The summed E-state index contributed by atoms with van der Waals surface area (Å²) in [5, 5.41) is 19.9. The topological polar surface area (TPSA) is 74.3 Å². The maximum absolute atomic E-state index is 13.0. The molecule has 0 bridgehead atoms. The van der Waals surface area contributed by atoms with Crippen molar-refractivity contribution in [2.75, 3.05) is 17.2 Å². The Hall–Kier alpha value is -3.08. The van der Waals surface area contributed by atoms with Crippen molar-refractivity contribution in [2.24, 2.45) is 0 Å². The summed E-state index contributed by atoms with van der Waals surface area (Å²) in [6.45, 7) is 2.35. The number of halogens is 1. The molecule has 0 aliphatic carbocycles. The monoisotopic (exact) mass is 435 g/mol. The number of benzene rings is 2. The minimum atomic E-state index is -0.120. The van der Waals surface area contributed by atoms with E-state index in [1.807, 2.05) is 41.7 Å². The molecule has 0 unspecified atom stereocenters. The van der Waals surface area contributed by atoms with E-state index >= 15 is 0 Å². The third-order valence-corrected chi connectivity index (χ3v) is 5.92. The van der Waals surface area contributed by atoms with Crippen molar-refractivity contribution in [2.45, 2.75) is 18.5 Å². The SMILES string of the molecule is Cc1cc2nnc(SCC(=O)N(CCC#N)c3cccc(Cl)c3)n2c2ccccc12. The van der Waals surface area contributed by atoms with Crippen LogP contribution in [-0.2, 0) is 4.79 Å². The maximum atomic E-state index is 13.0. The van der Waals surface area contributed by atoms with Gasteiger partial charge in [-0.25, -0.2) is 0 Å². The molecule has 6 nitrogen and oxygen atoms in total. The smallest absolute Gasteiger partial charge is 0.237 e. The number of nitriles is 1. The van der Waals surface area contributed by atoms with Crippen molar-refractivity contribution in [1.82, 2.24) is 14.6 Å². The highest BCUT2D eigenvalue weighted by Gasteiger charge is 2.18. The Morgan fingerprint density at radius 3 is 2.83 bits per heavy atom. The number of pyridine rings is 1. The molecule has 0 spiro atoms. The summed E-state index contributed by atoms with van der Waals surface area (Å²) in [5.74, 6) is 0.0479. The molecule has 30 heavy (non-hydrogen) atoms. The minimum absolute atomic E-state index is 0.120. The van der Waals surface area contributed by atoms with E-state index in [2.05, 4.69) is 22.3 Å². The highest BCUT2D eigenvalue weighted by molar-refractivity contribution is 7.99. The average Bonchev–Trinajstić information content (AvgIpc) is 3.15. The molecule has 1 amide bonds. The van der Waals surface area contributed by atoms with E-state index in [0.717, 1.165) is 22.1 Å². The van der Waals surface area contributed by atoms with Crippen LogP contribution in [0.15, 0.2) is 59.8 Å². The first-order chi connectivity index (χ1) is 14.6. The molecule has 0 radical (unpaired) electrons. The number of nitrogens with zero attached hydrogens (tertiary/aromatic N) is 5. The largest absolute Gasteiger partial charge is 0.311 e. The number of anilines is 1. The molecule has 0 N–H and O–H groups in total. The van der Waals surface area contributed by atoms with Crippen LogP contribution in [0, 0.1) is 18.3 Å². The van der Waals surface area contributed by atoms with E-state index in [0.29, 0.717) is 22.4 Å². The number of carbonyl (C=O) groups is 1. The van der Waals surface area contributed by atoms with Crippen molar-refractivity contribution in [3.05, 3.63) is 65.2 Å². The molecule has 0 atom stereocenters. The lowest BCUT2D eigenvalue weighted by molar-refractivity contribution is -0.116. The van der Waals surface area contributed by atoms with Crippen LogP contribution >= 0.6 is 23.4 Å². The lowest BCUT2D eigenvalue weighted by Gasteiger charge is -2.21. The second kappa shape index (κ2) is 8.74. The van der Waals surface area contributed by atoms with E-state index in [4.69, 9.17) is 16.9 Å². The zero-order chi connectivity index (χ0) is 21.1. The lowest BCUT2D eigenvalue weighted by atomic mass is 10.1. The van der Waals surface area contributed by atoms with Crippen LogP contribution in [0.25, 0.3) is 16.6 Å². The number of para-hydroxylation sites is 1. The standard InChI is InChI=1S/C22H18ClN5OS/c1-15-12-20-25-26-22(28(20)19-9-3-2-8-18(15)19)30-14-21(29)27(11-5-10-24)17-7-4-6-16(23)13-17/h2-4,6-9,12-13H,5,11,14H2,1H3. The number of rotatable bonds is 6. The van der Waals surface area contributed by atoms with Crippen LogP contribution in [0.5, 0.6) is 0 Å². The highest BCUT2D eigenvalue weighted by atomic mass is 35.5. The number of hydrogen-bond donors (Lipinski definition) is 0. The van der Waals surface area contributed by atoms with Crippen LogP contribution in [0.4, 0.5) is 5.69 Å². The predicted octanol–water partition coefficient (Wildman–Crippen LogP) is 4.88. The van der Waals surface area contributed by atoms with E-state index in [9.17, 15) is 4.79 Å². The molecule has 4 aromatic rings. The fraction of sp³-hybridized carbons (Fsp3) is 0.182. The summed E-state index contributed by atoms with van der Waals surface area (Å²) in [7, 11) is 0. The van der Waals surface area contributed by atoms with Gasteiger partial charge >= 0.3 is 0 Å². The van der Waals surface area contributed by atoms with E-state index in [-0.39, 0.29) is 18.1 Å². The number of hydrogen-bond acceptors (Lipinski definition) is 5. The number of aryl methyl sites for hydroxylation is 1. The van der Waals surface area contributed by atoms with Gasteiger partial charge in [0.2, 0.25) is 5.91 Å². The third kappa shape index (κ3) is 3.97. The Bertz CT molecular complexity index is 1280. The molecule has 0 saturated carbocycles. The quantitative estimate of drug-likeness (QED) is 0.403. The Kier molecular flexibility index (Phi) is 5.88. The van der Waals surface area contributed by atoms with E-state index in [1.54, 1.807) is 23.1 Å². The van der Waals surface area contributed by atoms with Crippen molar-refractivity contribution >= 4 is 51.5 Å². The van der Waals surface area contributed by atoms with Gasteiger partial charge in [0.25, 0.3) is 0 Å². The normalized spacial score (nSPS) is 11.0. The van der Waals surface area contributed by atoms with Crippen molar-refractivity contribution in [1.29, 1.82) is 5.26 Å². The lowest BCUT2D eigenvalue weighted by Crippen LogP contribution is -2.33. The van der Waals surface area contributed by atoms with Crippen molar-refractivity contribution in [3.8, 4) is 6.07 Å². The fourth-order valence-corrected chi connectivity index (χ4v) is 4.39. The summed E-state index contributed by atoms with van der Waals surface area (Å²) >= 11 is 7.42. The van der Waals surface area contributed by atoms with Crippen LogP contribution in [0.1, 0.15) is 12.0 Å². The second-order valence-corrected chi connectivity index (χ2v) is 8.12. The number of fused-ring (bicyclic) bond motifs is 3. The highest BCUT2D eigenvalue weighted by Crippen LogP contribution is 2.27. The van der Waals surface area contributed by atoms with Crippen LogP contribution in [0.3, 0.4) is 0 Å². The van der Waals surface area contributed by atoms with Gasteiger partial charge in [-0.05, 0) is 42.8 Å². The Morgan fingerprint density at radius 1 is 1.20 bits per heavy atom. The Morgan fingerprint density at radius 2 is 2.03 bits per heavy atom. The van der Waals surface area contributed by atoms with Crippen molar-refractivity contribution < 1.29 is 4.79 Å². The fourth-order valence-electron chi connectivity index (χ4n) is 3.38. The van der Waals surface area contributed by atoms with Crippen LogP contribution < -0.4 is 4.90 Å². The average molecular weight is 436 g/mol. The summed E-state index contributed by atoms with van der Waals surface area (Å²) in [6, 6.07) is 19.2. The summed E-state index contributed by atoms with van der Waals surface area (Å²) in [4.78, 5) is 14.6. The first-order valence-corrected chi connectivity index (χ1v) is 10.7. The maximum Gasteiger partial charge on any atom is 0.237 e. The molecule has 150 valence electrons. The molecule has 0 saturated heterocycles. The number of carbonyl (C=O) groups excluding carboxylic acids is 1. The predicted molar refractivity (Wildman–Crippen MR) is 120 cm³/mol. The van der Waals surface area contributed by atoms with Gasteiger partial charge in [0, 0.05) is 22.6 Å². The molecule has 2 aromatic carbocycles. The molecular weight excluding hydrogens is 418 g/mol. The zero-order valence-electron chi connectivity index (χ0n) is 16.2. The molecule has 4 rings (SSSR count). The molecule has 0 fully saturated rings.